The van der Waals surface area contributed by atoms with Gasteiger partial charge in [-0.05, 0) is 12.1 Å². The van der Waals surface area contributed by atoms with Gasteiger partial charge in [-0.1, -0.05) is 0 Å². The van der Waals surface area contributed by atoms with E-state index in [0.717, 1.165) is 0 Å². The van der Waals surface area contributed by atoms with E-state index in [0.29, 0.717) is 12.1 Å². The number of carbonyl (C=O) groups is 1. The van der Waals surface area contributed by atoms with E-state index in [1.165, 1.54) is 0 Å². The van der Waals surface area contributed by atoms with Crippen LogP contribution in [0.4, 0.5) is 8.78 Å². The quantitative estimate of drug-likeness (QED) is 0.816. The maximum absolute atomic E-state index is 13.2. The molecule has 0 bridgehead atoms. The Labute approximate surface area is 87.5 Å². The summed E-state index contributed by atoms with van der Waals surface area (Å²) < 4.78 is 47.6. The molecule has 1 aromatic carbocycles. The normalized spacial score (nSPS) is 11.4. The number of carboxylic acid groups (broad SMARTS) is 1. The summed E-state index contributed by atoms with van der Waals surface area (Å²) in [5.74, 6) is -4.86. The van der Waals surface area contributed by atoms with Gasteiger partial charge < -0.3 is 5.11 Å². The van der Waals surface area contributed by atoms with E-state index in [9.17, 15) is 22.0 Å². The van der Waals surface area contributed by atoms with Gasteiger partial charge in [-0.15, -0.1) is 0 Å². The van der Waals surface area contributed by atoms with Crippen molar-refractivity contribution in [1.82, 2.24) is 0 Å². The first-order chi connectivity index (χ1) is 6.75. The molecule has 0 saturated carbocycles. The summed E-state index contributed by atoms with van der Waals surface area (Å²) in [5.41, 5.74) is -0.962. The molecular formula is C7H3ClF2O4S. The van der Waals surface area contributed by atoms with Crippen LogP contribution in [0, 0.1) is 11.6 Å². The monoisotopic (exact) mass is 256 g/mol. The van der Waals surface area contributed by atoms with Crippen molar-refractivity contribution in [2.24, 2.45) is 0 Å². The average Bonchev–Trinajstić information content (AvgIpc) is 2.00. The van der Waals surface area contributed by atoms with Crippen LogP contribution in [0.1, 0.15) is 10.4 Å². The Morgan fingerprint density at radius 3 is 2.27 bits per heavy atom. The molecule has 0 aliphatic heterocycles. The van der Waals surface area contributed by atoms with Crippen molar-refractivity contribution in [2.45, 2.75) is 4.90 Å². The summed E-state index contributed by atoms with van der Waals surface area (Å²) in [6.07, 6.45) is 0. The molecule has 0 spiro atoms. The van der Waals surface area contributed by atoms with Crippen LogP contribution < -0.4 is 0 Å². The first kappa shape index (κ1) is 11.9. The molecule has 0 atom stereocenters. The molecule has 1 aromatic rings. The SMILES string of the molecule is O=C(O)c1ccc(F)c(S(=O)(=O)Cl)c1F. The molecule has 15 heavy (non-hydrogen) atoms. The van der Waals surface area contributed by atoms with Crippen molar-refractivity contribution < 1.29 is 27.1 Å². The fourth-order valence-corrected chi connectivity index (χ4v) is 1.97. The smallest absolute Gasteiger partial charge is 0.338 e. The fourth-order valence-electron chi connectivity index (χ4n) is 0.921. The van der Waals surface area contributed by atoms with Gasteiger partial charge >= 0.3 is 5.97 Å². The van der Waals surface area contributed by atoms with E-state index in [1.54, 1.807) is 0 Å². The summed E-state index contributed by atoms with van der Waals surface area (Å²) in [4.78, 5) is 8.96. The van der Waals surface area contributed by atoms with Crippen LogP contribution in [0.3, 0.4) is 0 Å². The zero-order valence-corrected chi connectivity index (χ0v) is 8.44. The summed E-state index contributed by atoms with van der Waals surface area (Å²) in [6.45, 7) is 0. The van der Waals surface area contributed by atoms with Crippen molar-refractivity contribution in [3.63, 3.8) is 0 Å². The third-order valence-corrected chi connectivity index (χ3v) is 2.85. The Hall–Kier alpha value is -1.21. The zero-order chi connectivity index (χ0) is 11.8. The lowest BCUT2D eigenvalue weighted by Gasteiger charge is -2.03. The molecule has 0 saturated heterocycles. The van der Waals surface area contributed by atoms with Gasteiger partial charge in [0.1, 0.15) is 5.82 Å². The Morgan fingerprint density at radius 1 is 1.33 bits per heavy atom. The van der Waals surface area contributed by atoms with E-state index in [2.05, 4.69) is 0 Å². The van der Waals surface area contributed by atoms with Gasteiger partial charge in [0, 0.05) is 10.7 Å². The highest BCUT2D eigenvalue weighted by Gasteiger charge is 2.26. The number of halogens is 3. The second kappa shape index (κ2) is 3.74. The van der Waals surface area contributed by atoms with E-state index < -0.39 is 37.1 Å². The molecule has 82 valence electrons. The standard InChI is InChI=1S/C7H3ClF2O4S/c8-15(13,14)6-4(9)2-1-3(5(6)10)7(11)12/h1-2H,(H,11,12). The molecule has 0 fully saturated rings. The molecule has 8 heteroatoms. The minimum Gasteiger partial charge on any atom is -0.478 e. The lowest BCUT2D eigenvalue weighted by Crippen LogP contribution is -2.07. The van der Waals surface area contributed by atoms with Gasteiger partial charge in [0.15, 0.2) is 10.7 Å². The van der Waals surface area contributed by atoms with Gasteiger partial charge in [0.2, 0.25) is 0 Å². The van der Waals surface area contributed by atoms with Gasteiger partial charge in [-0.3, -0.25) is 0 Å². The molecule has 0 aliphatic carbocycles. The lowest BCUT2D eigenvalue weighted by atomic mass is 10.2. The summed E-state index contributed by atoms with van der Waals surface area (Å²) in [5, 5.41) is 8.45. The van der Waals surface area contributed by atoms with Crippen LogP contribution in [0.2, 0.25) is 0 Å². The summed E-state index contributed by atoms with van der Waals surface area (Å²) in [6, 6.07) is 1.13. The predicted molar refractivity (Wildman–Crippen MR) is 46.4 cm³/mol. The lowest BCUT2D eigenvalue weighted by molar-refractivity contribution is 0.0691. The maximum atomic E-state index is 13.2. The molecule has 0 amide bonds. The molecule has 1 N–H and O–H groups in total. The van der Waals surface area contributed by atoms with Gasteiger partial charge in [-0.25, -0.2) is 22.0 Å². The van der Waals surface area contributed by atoms with Gasteiger partial charge in [0.25, 0.3) is 9.05 Å². The number of aromatic carboxylic acids is 1. The minimum absolute atomic E-state index is 0.516. The van der Waals surface area contributed by atoms with Crippen molar-refractivity contribution >= 4 is 25.7 Å². The minimum atomic E-state index is -4.66. The molecule has 0 aliphatic rings. The molecule has 0 unspecified atom stereocenters. The fraction of sp³-hybridized carbons (Fsp3) is 0. The van der Waals surface area contributed by atoms with Gasteiger partial charge in [-0.2, -0.15) is 0 Å². The molecule has 0 radical (unpaired) electrons. The van der Waals surface area contributed by atoms with Crippen molar-refractivity contribution in [2.75, 3.05) is 0 Å². The Balaban J connectivity index is 3.66. The molecule has 1 rings (SSSR count). The van der Waals surface area contributed by atoms with Crippen molar-refractivity contribution in [3.05, 3.63) is 29.3 Å². The van der Waals surface area contributed by atoms with E-state index in [4.69, 9.17) is 15.8 Å². The maximum Gasteiger partial charge on any atom is 0.338 e. The Kier molecular flexibility index (Phi) is 2.96. The average molecular weight is 257 g/mol. The number of rotatable bonds is 2. The van der Waals surface area contributed by atoms with E-state index >= 15 is 0 Å². The van der Waals surface area contributed by atoms with E-state index in [-0.39, 0.29) is 0 Å². The van der Waals surface area contributed by atoms with Crippen molar-refractivity contribution in [3.8, 4) is 0 Å². The summed E-state index contributed by atoms with van der Waals surface area (Å²) >= 11 is 0. The number of carboxylic acids is 1. The van der Waals surface area contributed by atoms with Crippen LogP contribution in [0.15, 0.2) is 17.0 Å². The highest BCUT2D eigenvalue weighted by molar-refractivity contribution is 8.13. The number of hydrogen-bond acceptors (Lipinski definition) is 3. The van der Waals surface area contributed by atoms with Crippen LogP contribution in [0.5, 0.6) is 0 Å². The number of benzene rings is 1. The number of hydrogen-bond donors (Lipinski definition) is 1. The highest BCUT2D eigenvalue weighted by atomic mass is 35.7. The second-order valence-electron chi connectivity index (χ2n) is 2.48. The van der Waals surface area contributed by atoms with Crippen LogP contribution in [0.25, 0.3) is 0 Å². The molecular weight excluding hydrogens is 254 g/mol. The third-order valence-electron chi connectivity index (χ3n) is 1.52. The first-order valence-corrected chi connectivity index (χ1v) is 5.72. The first-order valence-electron chi connectivity index (χ1n) is 3.41. The topological polar surface area (TPSA) is 71.4 Å². The largest absolute Gasteiger partial charge is 0.478 e. The van der Waals surface area contributed by atoms with Crippen LogP contribution >= 0.6 is 10.7 Å². The molecule has 0 aromatic heterocycles. The second-order valence-corrected chi connectivity index (χ2v) is 4.98. The Bertz CT molecular complexity index is 526. The van der Waals surface area contributed by atoms with Crippen LogP contribution in [-0.4, -0.2) is 19.5 Å². The van der Waals surface area contributed by atoms with Crippen LogP contribution in [-0.2, 0) is 9.05 Å². The van der Waals surface area contributed by atoms with Crippen molar-refractivity contribution in [1.29, 1.82) is 0 Å². The third kappa shape index (κ3) is 2.24. The van der Waals surface area contributed by atoms with Gasteiger partial charge in [0.05, 0.1) is 5.56 Å². The van der Waals surface area contributed by atoms with E-state index in [1.807, 2.05) is 0 Å². The Morgan fingerprint density at radius 2 is 1.87 bits per heavy atom. The summed E-state index contributed by atoms with van der Waals surface area (Å²) in [7, 11) is 0.0838. The predicted octanol–water partition coefficient (Wildman–Crippen LogP) is 1.59. The molecule has 0 heterocycles. The highest BCUT2D eigenvalue weighted by Crippen LogP contribution is 2.24. The zero-order valence-electron chi connectivity index (χ0n) is 6.87. The molecule has 4 nitrogen and oxygen atoms in total.